The van der Waals surface area contributed by atoms with Crippen molar-refractivity contribution < 1.29 is 8.78 Å². The molecule has 0 N–H and O–H groups in total. The fourth-order valence-electron chi connectivity index (χ4n) is 1.02. The molecule has 62 valence electrons. The largest absolute Gasteiger partial charge is 0.249 e. The Bertz CT molecular complexity index is 436. The van der Waals surface area contributed by atoms with Crippen LogP contribution in [0.3, 0.4) is 0 Å². The number of nitrogens with zero attached hydrogens (tertiary/aromatic N) is 1. The lowest BCUT2D eigenvalue weighted by Gasteiger charge is -1.90. The van der Waals surface area contributed by atoms with Crippen molar-refractivity contribution in [3.05, 3.63) is 28.8 Å². The van der Waals surface area contributed by atoms with Crippen molar-refractivity contribution in [1.29, 1.82) is 0 Å². The lowest BCUT2D eigenvalue weighted by molar-refractivity contribution is 0.536. The third-order valence-corrected chi connectivity index (χ3v) is 2.49. The molecule has 0 atom stereocenters. The van der Waals surface area contributed by atoms with Crippen LogP contribution in [0, 0.1) is 17.9 Å². The average molecular weight is 185 g/mol. The van der Waals surface area contributed by atoms with Crippen molar-refractivity contribution in [3.63, 3.8) is 0 Å². The summed E-state index contributed by atoms with van der Waals surface area (Å²) in [7, 11) is 0. The lowest BCUT2D eigenvalue weighted by Crippen LogP contribution is -1.81. The molecule has 2 aromatic heterocycles. The van der Waals surface area contributed by atoms with Gasteiger partial charge in [-0.1, -0.05) is 0 Å². The Labute approximate surface area is 71.7 Å². The van der Waals surface area contributed by atoms with E-state index in [2.05, 4.69) is 4.98 Å². The Morgan fingerprint density at radius 1 is 1.33 bits per heavy atom. The summed E-state index contributed by atoms with van der Waals surface area (Å²) in [5, 5.41) is -0.789. The summed E-state index contributed by atoms with van der Waals surface area (Å²) in [5.74, 6) is -0.835. The minimum Gasteiger partial charge on any atom is -0.249 e. The SMILES string of the molecule is Cc1ccc2sc(F)c(F)c2n1. The molecule has 0 aromatic carbocycles. The van der Waals surface area contributed by atoms with Gasteiger partial charge in [-0.3, -0.25) is 0 Å². The highest BCUT2D eigenvalue weighted by atomic mass is 32.1. The van der Waals surface area contributed by atoms with E-state index in [1.54, 1.807) is 19.1 Å². The number of rotatable bonds is 0. The Hall–Kier alpha value is -1.03. The summed E-state index contributed by atoms with van der Waals surface area (Å²) in [6.07, 6.45) is 0. The predicted molar refractivity (Wildman–Crippen MR) is 44.3 cm³/mol. The second kappa shape index (κ2) is 2.48. The predicted octanol–water partition coefficient (Wildman–Crippen LogP) is 2.88. The first-order valence-electron chi connectivity index (χ1n) is 3.39. The molecule has 2 aromatic rings. The van der Waals surface area contributed by atoms with Crippen LogP contribution in [-0.4, -0.2) is 4.98 Å². The number of thiophene rings is 1. The van der Waals surface area contributed by atoms with Crippen LogP contribution in [-0.2, 0) is 0 Å². The normalized spacial score (nSPS) is 10.9. The molecule has 2 rings (SSSR count). The van der Waals surface area contributed by atoms with Crippen LogP contribution >= 0.6 is 11.3 Å². The second-order valence-corrected chi connectivity index (χ2v) is 3.49. The highest BCUT2D eigenvalue weighted by molar-refractivity contribution is 7.17. The van der Waals surface area contributed by atoms with E-state index in [9.17, 15) is 8.78 Å². The van der Waals surface area contributed by atoms with Gasteiger partial charge >= 0.3 is 0 Å². The molecule has 0 bridgehead atoms. The van der Waals surface area contributed by atoms with Crippen molar-refractivity contribution in [3.8, 4) is 0 Å². The van der Waals surface area contributed by atoms with E-state index in [1.165, 1.54) is 0 Å². The van der Waals surface area contributed by atoms with Gasteiger partial charge < -0.3 is 0 Å². The molecule has 0 amide bonds. The number of fused-ring (bicyclic) bond motifs is 1. The van der Waals surface area contributed by atoms with Crippen molar-refractivity contribution in [2.24, 2.45) is 0 Å². The molecule has 0 aliphatic rings. The van der Waals surface area contributed by atoms with E-state index in [0.29, 0.717) is 10.4 Å². The Kier molecular flexibility index (Phi) is 1.58. The van der Waals surface area contributed by atoms with Crippen molar-refractivity contribution in [1.82, 2.24) is 4.98 Å². The number of hydrogen-bond donors (Lipinski definition) is 0. The van der Waals surface area contributed by atoms with Crippen LogP contribution in [0.4, 0.5) is 8.78 Å². The summed E-state index contributed by atoms with van der Waals surface area (Å²) in [6, 6.07) is 3.41. The van der Waals surface area contributed by atoms with Gasteiger partial charge in [-0.15, -0.1) is 11.3 Å². The third-order valence-electron chi connectivity index (χ3n) is 1.58. The van der Waals surface area contributed by atoms with E-state index in [1.807, 2.05) is 0 Å². The smallest absolute Gasteiger partial charge is 0.215 e. The maximum atomic E-state index is 12.9. The van der Waals surface area contributed by atoms with Crippen LogP contribution in [0.25, 0.3) is 10.2 Å². The minimum atomic E-state index is -0.835. The molecule has 2 heterocycles. The Morgan fingerprint density at radius 3 is 2.83 bits per heavy atom. The standard InChI is InChI=1S/C8H5F2NS/c1-4-2-3-5-7(11-4)6(9)8(10)12-5/h2-3H,1H3. The lowest BCUT2D eigenvalue weighted by atomic mass is 10.3. The van der Waals surface area contributed by atoms with Gasteiger partial charge in [0.1, 0.15) is 5.52 Å². The Morgan fingerprint density at radius 2 is 2.08 bits per heavy atom. The number of halogens is 2. The van der Waals surface area contributed by atoms with Gasteiger partial charge in [0.15, 0.2) is 5.82 Å². The quantitative estimate of drug-likeness (QED) is 0.615. The molecule has 0 unspecified atom stereocenters. The van der Waals surface area contributed by atoms with Crippen LogP contribution in [0.5, 0.6) is 0 Å². The van der Waals surface area contributed by atoms with E-state index in [-0.39, 0.29) is 5.52 Å². The van der Waals surface area contributed by atoms with Crippen molar-refractivity contribution in [2.75, 3.05) is 0 Å². The summed E-state index contributed by atoms with van der Waals surface area (Å²) in [4.78, 5) is 3.89. The van der Waals surface area contributed by atoms with Gasteiger partial charge in [-0.05, 0) is 19.1 Å². The van der Waals surface area contributed by atoms with Crippen molar-refractivity contribution >= 4 is 21.6 Å². The molecule has 0 fully saturated rings. The molecule has 0 saturated carbocycles. The molecule has 1 nitrogen and oxygen atoms in total. The van der Waals surface area contributed by atoms with Crippen LogP contribution < -0.4 is 0 Å². The van der Waals surface area contributed by atoms with Gasteiger partial charge in [0.2, 0.25) is 5.13 Å². The molecule has 0 aliphatic heterocycles. The second-order valence-electron chi connectivity index (χ2n) is 2.49. The zero-order chi connectivity index (χ0) is 8.72. The fraction of sp³-hybridized carbons (Fsp3) is 0.125. The van der Waals surface area contributed by atoms with Gasteiger partial charge in [0.25, 0.3) is 0 Å². The highest BCUT2D eigenvalue weighted by Gasteiger charge is 2.12. The maximum Gasteiger partial charge on any atom is 0.215 e. The monoisotopic (exact) mass is 185 g/mol. The first-order valence-corrected chi connectivity index (χ1v) is 4.21. The van der Waals surface area contributed by atoms with E-state index in [4.69, 9.17) is 0 Å². The zero-order valence-electron chi connectivity index (χ0n) is 6.27. The number of pyridine rings is 1. The van der Waals surface area contributed by atoms with Gasteiger partial charge in [0, 0.05) is 5.69 Å². The van der Waals surface area contributed by atoms with E-state index in [0.717, 1.165) is 11.3 Å². The first-order chi connectivity index (χ1) is 5.68. The molecule has 12 heavy (non-hydrogen) atoms. The molecule has 0 spiro atoms. The van der Waals surface area contributed by atoms with Crippen LogP contribution in [0.15, 0.2) is 12.1 Å². The van der Waals surface area contributed by atoms with E-state index < -0.39 is 10.9 Å². The van der Waals surface area contributed by atoms with E-state index >= 15 is 0 Å². The summed E-state index contributed by atoms with van der Waals surface area (Å²) in [5.41, 5.74) is 0.830. The number of aryl methyl sites for hydroxylation is 1. The molecule has 4 heteroatoms. The molecule has 0 saturated heterocycles. The summed E-state index contributed by atoms with van der Waals surface area (Å²) in [6.45, 7) is 1.74. The fourth-order valence-corrected chi connectivity index (χ4v) is 1.77. The molecule has 0 aliphatic carbocycles. The number of hydrogen-bond acceptors (Lipinski definition) is 2. The Balaban J connectivity index is 2.88. The maximum absolute atomic E-state index is 12.9. The average Bonchev–Trinajstić information content (AvgIpc) is 2.31. The highest BCUT2D eigenvalue weighted by Crippen LogP contribution is 2.26. The summed E-state index contributed by atoms with van der Waals surface area (Å²) >= 11 is 0.783. The number of aromatic nitrogens is 1. The third kappa shape index (κ3) is 0.992. The van der Waals surface area contributed by atoms with Gasteiger partial charge in [-0.2, -0.15) is 4.39 Å². The topological polar surface area (TPSA) is 12.9 Å². The summed E-state index contributed by atoms with van der Waals surface area (Å²) < 4.78 is 26.1. The van der Waals surface area contributed by atoms with Crippen LogP contribution in [0.2, 0.25) is 0 Å². The van der Waals surface area contributed by atoms with Crippen molar-refractivity contribution in [2.45, 2.75) is 6.92 Å². The van der Waals surface area contributed by atoms with Crippen LogP contribution in [0.1, 0.15) is 5.69 Å². The molecule has 0 radical (unpaired) electrons. The zero-order valence-corrected chi connectivity index (χ0v) is 7.08. The molecular weight excluding hydrogens is 180 g/mol. The first kappa shape index (κ1) is 7.61. The minimum absolute atomic E-state index is 0.137. The van der Waals surface area contributed by atoms with Gasteiger partial charge in [0.05, 0.1) is 4.70 Å². The van der Waals surface area contributed by atoms with Gasteiger partial charge in [-0.25, -0.2) is 9.37 Å². The molecular formula is C8H5F2NS.